The number of hydrogen-bond donors (Lipinski definition) is 1. The van der Waals surface area contributed by atoms with E-state index in [2.05, 4.69) is 4.74 Å². The van der Waals surface area contributed by atoms with Gasteiger partial charge in [0.05, 0.1) is 23.4 Å². The number of esters is 1. The highest BCUT2D eigenvalue weighted by molar-refractivity contribution is 7.91. The molecule has 0 spiro atoms. The maximum Gasteiger partial charge on any atom is 0.319 e. The third-order valence-corrected chi connectivity index (χ3v) is 6.46. The van der Waals surface area contributed by atoms with E-state index in [1.807, 2.05) is 4.90 Å². The average molecular weight is 393 g/mol. The van der Waals surface area contributed by atoms with E-state index in [0.29, 0.717) is 18.7 Å². The summed E-state index contributed by atoms with van der Waals surface area (Å²) in [6.07, 6.45) is 0.737. The number of methoxy groups -OCH3 is 1. The molecule has 3 rings (SSSR count). The van der Waals surface area contributed by atoms with Crippen molar-refractivity contribution in [2.75, 3.05) is 26.7 Å². The number of benzene rings is 2. The summed E-state index contributed by atoms with van der Waals surface area (Å²) in [5.74, 6) is -1.11. The Morgan fingerprint density at radius 3 is 2.67 bits per heavy atom. The molecule has 27 heavy (non-hydrogen) atoms. The van der Waals surface area contributed by atoms with Crippen LogP contribution < -0.4 is 0 Å². The third kappa shape index (κ3) is 4.12. The van der Waals surface area contributed by atoms with Crippen molar-refractivity contribution < 1.29 is 27.4 Å². The first kappa shape index (κ1) is 19.3. The van der Waals surface area contributed by atoms with Crippen molar-refractivity contribution >= 4 is 15.8 Å². The van der Waals surface area contributed by atoms with Gasteiger partial charge in [-0.2, -0.15) is 0 Å². The molecule has 0 aliphatic carbocycles. The van der Waals surface area contributed by atoms with E-state index in [1.165, 1.54) is 37.4 Å². The molecule has 1 heterocycles. The minimum absolute atomic E-state index is 0.0134. The van der Waals surface area contributed by atoms with Crippen LogP contribution >= 0.6 is 0 Å². The maximum absolute atomic E-state index is 13.4. The quantitative estimate of drug-likeness (QED) is 0.785. The number of carbonyl (C=O) groups excluding carboxylic acids is 1. The Labute approximate surface area is 157 Å². The lowest BCUT2D eigenvalue weighted by Gasteiger charge is -2.16. The van der Waals surface area contributed by atoms with Crippen LogP contribution in [0.2, 0.25) is 0 Å². The number of sulfone groups is 1. The number of rotatable bonds is 5. The van der Waals surface area contributed by atoms with E-state index >= 15 is 0 Å². The summed E-state index contributed by atoms with van der Waals surface area (Å²) < 4.78 is 43.3. The van der Waals surface area contributed by atoms with Crippen LogP contribution in [0, 0.1) is 5.82 Å². The van der Waals surface area contributed by atoms with Gasteiger partial charge in [0.15, 0.2) is 0 Å². The third-order valence-electron chi connectivity index (χ3n) is 4.71. The largest absolute Gasteiger partial charge is 0.508 e. The molecule has 1 atom stereocenters. The zero-order valence-corrected chi connectivity index (χ0v) is 15.6. The van der Waals surface area contributed by atoms with Crippen LogP contribution in [-0.4, -0.2) is 51.1 Å². The van der Waals surface area contributed by atoms with Gasteiger partial charge < -0.3 is 9.84 Å². The van der Waals surface area contributed by atoms with Crippen LogP contribution in [0.4, 0.5) is 4.39 Å². The van der Waals surface area contributed by atoms with Crippen molar-refractivity contribution in [3.63, 3.8) is 0 Å². The first-order valence-electron chi connectivity index (χ1n) is 8.44. The molecule has 0 aromatic heterocycles. The summed E-state index contributed by atoms with van der Waals surface area (Å²) >= 11 is 0. The maximum atomic E-state index is 13.4. The van der Waals surface area contributed by atoms with Crippen LogP contribution in [-0.2, 0) is 19.4 Å². The summed E-state index contributed by atoms with van der Waals surface area (Å²) in [6, 6.07) is 8.93. The lowest BCUT2D eigenvalue weighted by atomic mass is 9.97. The highest BCUT2D eigenvalue weighted by Crippen LogP contribution is 2.35. The molecule has 0 amide bonds. The number of carbonyl (C=O) groups is 1. The molecular formula is C19H20FNO5S. The molecule has 2 aromatic rings. The summed E-state index contributed by atoms with van der Waals surface area (Å²) in [5.41, 5.74) is 0.626. The number of aromatic hydroxyl groups is 1. The van der Waals surface area contributed by atoms with Gasteiger partial charge in [-0.05, 0) is 48.9 Å². The molecule has 1 aliphatic heterocycles. The number of ether oxygens (including phenoxy) is 1. The molecule has 2 aromatic carbocycles. The molecule has 1 aliphatic rings. The highest BCUT2D eigenvalue weighted by atomic mass is 32.2. The van der Waals surface area contributed by atoms with Crippen LogP contribution in [0.25, 0.3) is 0 Å². The lowest BCUT2D eigenvalue weighted by molar-refractivity contribution is -0.141. The fraction of sp³-hybridized carbons (Fsp3) is 0.316. The number of hydrogen-bond acceptors (Lipinski definition) is 6. The molecule has 1 fully saturated rings. The number of likely N-dealkylation sites (tertiary alicyclic amines) is 1. The van der Waals surface area contributed by atoms with Crippen molar-refractivity contribution in [2.24, 2.45) is 0 Å². The average Bonchev–Trinajstić information content (AvgIpc) is 3.09. The second kappa shape index (κ2) is 7.66. The van der Waals surface area contributed by atoms with Gasteiger partial charge in [0.1, 0.15) is 11.6 Å². The summed E-state index contributed by atoms with van der Waals surface area (Å²) in [4.78, 5) is 13.0. The van der Waals surface area contributed by atoms with Gasteiger partial charge in [-0.15, -0.1) is 0 Å². The molecule has 0 bridgehead atoms. The van der Waals surface area contributed by atoms with Gasteiger partial charge in [-0.1, -0.05) is 12.1 Å². The molecular weight excluding hydrogens is 373 g/mol. The van der Waals surface area contributed by atoms with Crippen LogP contribution in [0.5, 0.6) is 5.75 Å². The van der Waals surface area contributed by atoms with E-state index in [0.717, 1.165) is 12.5 Å². The monoisotopic (exact) mass is 393 g/mol. The number of nitrogens with zero attached hydrogens (tertiary/aromatic N) is 1. The lowest BCUT2D eigenvalue weighted by Crippen LogP contribution is -2.28. The Bertz CT molecular complexity index is 960. The fourth-order valence-corrected chi connectivity index (χ4v) is 4.59. The standard InChI is InChI=1S/C19H20FNO5S/c1-26-19(23)12-21-8-7-13(11-21)17-6-5-16(10-18(17)22)27(24,25)15-4-2-3-14(20)9-15/h2-6,9-10,13,22H,7-8,11-12H2,1H3/t13-/m1/s1. The Morgan fingerprint density at radius 2 is 2.00 bits per heavy atom. The van der Waals surface area contributed by atoms with E-state index in [4.69, 9.17) is 0 Å². The smallest absolute Gasteiger partial charge is 0.319 e. The molecule has 8 heteroatoms. The number of phenols is 1. The SMILES string of the molecule is COC(=O)CN1CC[C@@H](c2ccc(S(=O)(=O)c3cccc(F)c3)cc2O)C1. The van der Waals surface area contributed by atoms with Crippen molar-refractivity contribution in [1.29, 1.82) is 0 Å². The zero-order chi connectivity index (χ0) is 19.6. The molecule has 144 valence electrons. The van der Waals surface area contributed by atoms with Gasteiger partial charge in [-0.25, -0.2) is 12.8 Å². The zero-order valence-electron chi connectivity index (χ0n) is 14.8. The summed E-state index contributed by atoms with van der Waals surface area (Å²) in [7, 11) is -2.59. The van der Waals surface area contributed by atoms with Crippen LogP contribution in [0.3, 0.4) is 0 Å². The van der Waals surface area contributed by atoms with E-state index in [1.54, 1.807) is 6.07 Å². The first-order chi connectivity index (χ1) is 12.8. The minimum Gasteiger partial charge on any atom is -0.508 e. The Kier molecular flexibility index (Phi) is 5.48. The van der Waals surface area contributed by atoms with Gasteiger partial charge in [0, 0.05) is 12.5 Å². The summed E-state index contributed by atoms with van der Waals surface area (Å²) in [5, 5.41) is 10.4. The molecule has 6 nitrogen and oxygen atoms in total. The van der Waals surface area contributed by atoms with E-state index < -0.39 is 15.7 Å². The molecule has 1 saturated heterocycles. The predicted octanol–water partition coefficient (Wildman–Crippen LogP) is 2.33. The Balaban J connectivity index is 1.81. The topological polar surface area (TPSA) is 83.9 Å². The molecule has 1 N–H and O–H groups in total. The van der Waals surface area contributed by atoms with Crippen LogP contribution in [0.1, 0.15) is 17.9 Å². The van der Waals surface area contributed by atoms with Crippen molar-refractivity contribution in [3.8, 4) is 5.75 Å². The highest BCUT2D eigenvalue weighted by Gasteiger charge is 2.28. The van der Waals surface area contributed by atoms with Crippen molar-refractivity contribution in [2.45, 2.75) is 22.1 Å². The van der Waals surface area contributed by atoms with Gasteiger partial charge in [-0.3, -0.25) is 9.69 Å². The second-order valence-corrected chi connectivity index (χ2v) is 8.43. The Hall–Kier alpha value is -2.45. The predicted molar refractivity (Wildman–Crippen MR) is 95.8 cm³/mol. The fourth-order valence-electron chi connectivity index (χ4n) is 3.28. The van der Waals surface area contributed by atoms with E-state index in [9.17, 15) is 22.7 Å². The van der Waals surface area contributed by atoms with Gasteiger partial charge >= 0.3 is 5.97 Å². The minimum atomic E-state index is -3.93. The summed E-state index contributed by atoms with van der Waals surface area (Å²) in [6.45, 7) is 1.43. The normalized spacial score (nSPS) is 17.8. The molecule has 0 unspecified atom stereocenters. The molecule has 0 radical (unpaired) electrons. The Morgan fingerprint density at radius 1 is 1.26 bits per heavy atom. The number of halogens is 1. The number of phenolic OH excluding ortho intramolecular Hbond substituents is 1. The van der Waals surface area contributed by atoms with Crippen molar-refractivity contribution in [3.05, 3.63) is 53.8 Å². The van der Waals surface area contributed by atoms with Gasteiger partial charge in [0.2, 0.25) is 9.84 Å². The van der Waals surface area contributed by atoms with Gasteiger partial charge in [0.25, 0.3) is 0 Å². The second-order valence-electron chi connectivity index (χ2n) is 6.48. The van der Waals surface area contributed by atoms with Crippen molar-refractivity contribution in [1.82, 2.24) is 4.90 Å². The first-order valence-corrected chi connectivity index (χ1v) is 9.92. The molecule has 0 saturated carbocycles. The van der Waals surface area contributed by atoms with E-state index in [-0.39, 0.29) is 34.0 Å². The van der Waals surface area contributed by atoms with Crippen LogP contribution in [0.15, 0.2) is 52.3 Å².